The van der Waals surface area contributed by atoms with Crippen molar-refractivity contribution in [2.24, 2.45) is 0 Å². The lowest BCUT2D eigenvalue weighted by atomic mass is 10.3. The van der Waals surface area contributed by atoms with Crippen molar-refractivity contribution in [1.82, 2.24) is 30.0 Å². The summed E-state index contributed by atoms with van der Waals surface area (Å²) in [6.07, 6.45) is 0. The van der Waals surface area contributed by atoms with Crippen LogP contribution in [0, 0.1) is 0 Å². The van der Waals surface area contributed by atoms with E-state index in [0.717, 1.165) is 27.9 Å². The third-order valence-electron chi connectivity index (χ3n) is 2.68. The molecule has 0 saturated heterocycles. The normalized spacial score (nSPS) is 11.2. The second-order valence-corrected chi connectivity index (χ2v) is 4.61. The van der Waals surface area contributed by atoms with Gasteiger partial charge in [-0.2, -0.15) is 9.90 Å². The Morgan fingerprint density at radius 2 is 2.06 bits per heavy atom. The summed E-state index contributed by atoms with van der Waals surface area (Å²) in [5.41, 5.74) is 2.74. The van der Waals surface area contributed by atoms with Crippen LogP contribution in [-0.2, 0) is 13.1 Å². The molecular formula is C11H11BrN6. The van der Waals surface area contributed by atoms with Crippen LogP contribution in [0.3, 0.4) is 0 Å². The molecule has 0 amide bonds. The summed E-state index contributed by atoms with van der Waals surface area (Å²) in [5, 5.41) is 16.9. The van der Waals surface area contributed by atoms with Crippen LogP contribution in [-0.4, -0.2) is 30.0 Å². The predicted octanol–water partition coefficient (Wildman–Crippen LogP) is 1.85. The number of halogens is 1. The van der Waals surface area contributed by atoms with Crippen LogP contribution in [0.4, 0.5) is 0 Å². The van der Waals surface area contributed by atoms with Crippen molar-refractivity contribution in [2.75, 3.05) is 0 Å². The summed E-state index contributed by atoms with van der Waals surface area (Å²) < 4.78 is 2.58. The van der Waals surface area contributed by atoms with Gasteiger partial charge in [-0.05, 0) is 35.0 Å². The minimum absolute atomic E-state index is 0.557. The first-order valence-electron chi connectivity index (χ1n) is 5.65. The van der Waals surface area contributed by atoms with Gasteiger partial charge in [0.15, 0.2) is 4.60 Å². The van der Waals surface area contributed by atoms with E-state index in [-0.39, 0.29) is 0 Å². The van der Waals surface area contributed by atoms with E-state index in [2.05, 4.69) is 36.4 Å². The SMILES string of the molecule is CCn1nc(Br)c(Cn2nnc3ccccc32)n1. The van der Waals surface area contributed by atoms with Crippen LogP contribution in [0.1, 0.15) is 12.6 Å². The average Bonchev–Trinajstić information content (AvgIpc) is 2.95. The van der Waals surface area contributed by atoms with E-state index in [9.17, 15) is 0 Å². The molecule has 2 aromatic heterocycles. The Kier molecular flexibility index (Phi) is 2.83. The quantitative estimate of drug-likeness (QED) is 0.741. The van der Waals surface area contributed by atoms with E-state index in [1.54, 1.807) is 4.80 Å². The van der Waals surface area contributed by atoms with E-state index in [1.807, 2.05) is 35.9 Å². The van der Waals surface area contributed by atoms with E-state index in [0.29, 0.717) is 6.54 Å². The standard InChI is InChI=1S/C11H11BrN6/c1-2-18-14-9(11(12)15-18)7-17-10-6-4-3-5-8(10)13-16-17/h3-6H,2,7H2,1H3. The third-order valence-corrected chi connectivity index (χ3v) is 3.30. The Labute approximate surface area is 112 Å². The maximum atomic E-state index is 4.38. The molecule has 0 aliphatic heterocycles. The van der Waals surface area contributed by atoms with Gasteiger partial charge in [0.05, 0.1) is 18.6 Å². The number of benzene rings is 1. The highest BCUT2D eigenvalue weighted by molar-refractivity contribution is 9.10. The fourth-order valence-corrected chi connectivity index (χ4v) is 2.16. The first-order valence-corrected chi connectivity index (χ1v) is 6.45. The topological polar surface area (TPSA) is 61.4 Å². The van der Waals surface area contributed by atoms with Gasteiger partial charge in [-0.25, -0.2) is 4.68 Å². The van der Waals surface area contributed by atoms with Crippen molar-refractivity contribution in [2.45, 2.75) is 20.0 Å². The minimum Gasteiger partial charge on any atom is -0.238 e. The largest absolute Gasteiger partial charge is 0.238 e. The molecule has 92 valence electrons. The molecule has 0 unspecified atom stereocenters. The molecule has 6 nitrogen and oxygen atoms in total. The Balaban J connectivity index is 1.98. The Morgan fingerprint density at radius 3 is 2.83 bits per heavy atom. The number of fused-ring (bicyclic) bond motifs is 1. The summed E-state index contributed by atoms with van der Waals surface area (Å²) in [6.45, 7) is 3.30. The maximum Gasteiger partial charge on any atom is 0.153 e. The van der Waals surface area contributed by atoms with Crippen molar-refractivity contribution in [1.29, 1.82) is 0 Å². The highest BCUT2D eigenvalue weighted by atomic mass is 79.9. The van der Waals surface area contributed by atoms with Crippen LogP contribution >= 0.6 is 15.9 Å². The summed E-state index contributed by atoms with van der Waals surface area (Å²) in [6, 6.07) is 7.86. The van der Waals surface area contributed by atoms with Gasteiger partial charge in [0.25, 0.3) is 0 Å². The zero-order valence-corrected chi connectivity index (χ0v) is 11.4. The molecule has 0 aliphatic carbocycles. The molecule has 3 rings (SSSR count). The van der Waals surface area contributed by atoms with Gasteiger partial charge in [0.1, 0.15) is 11.2 Å². The zero-order valence-electron chi connectivity index (χ0n) is 9.78. The summed E-state index contributed by atoms with van der Waals surface area (Å²) in [4.78, 5) is 1.65. The van der Waals surface area contributed by atoms with Crippen molar-refractivity contribution >= 4 is 27.0 Å². The molecular weight excluding hydrogens is 296 g/mol. The van der Waals surface area contributed by atoms with E-state index in [1.165, 1.54) is 0 Å². The monoisotopic (exact) mass is 306 g/mol. The van der Waals surface area contributed by atoms with Crippen LogP contribution in [0.2, 0.25) is 0 Å². The lowest BCUT2D eigenvalue weighted by Gasteiger charge is -1.98. The number of aromatic nitrogens is 6. The second kappa shape index (κ2) is 4.49. The van der Waals surface area contributed by atoms with Crippen molar-refractivity contribution < 1.29 is 0 Å². The van der Waals surface area contributed by atoms with Crippen LogP contribution in [0.25, 0.3) is 11.0 Å². The van der Waals surface area contributed by atoms with Crippen molar-refractivity contribution in [3.63, 3.8) is 0 Å². The highest BCUT2D eigenvalue weighted by Gasteiger charge is 2.11. The molecule has 18 heavy (non-hydrogen) atoms. The molecule has 7 heteroatoms. The van der Waals surface area contributed by atoms with Gasteiger partial charge in [-0.1, -0.05) is 17.3 Å². The lowest BCUT2D eigenvalue weighted by molar-refractivity contribution is 0.555. The third kappa shape index (κ3) is 1.90. The average molecular weight is 307 g/mol. The first kappa shape index (κ1) is 11.3. The Bertz CT molecular complexity index is 686. The van der Waals surface area contributed by atoms with Crippen LogP contribution in [0.5, 0.6) is 0 Å². The molecule has 0 bridgehead atoms. The van der Waals surface area contributed by atoms with Crippen LogP contribution in [0.15, 0.2) is 28.9 Å². The zero-order chi connectivity index (χ0) is 12.5. The molecule has 0 aliphatic rings. The smallest absolute Gasteiger partial charge is 0.153 e. The fourth-order valence-electron chi connectivity index (χ4n) is 1.78. The number of hydrogen-bond donors (Lipinski definition) is 0. The number of hydrogen-bond acceptors (Lipinski definition) is 4. The number of aryl methyl sites for hydroxylation is 1. The molecule has 3 aromatic rings. The second-order valence-electron chi connectivity index (χ2n) is 3.86. The summed E-state index contributed by atoms with van der Waals surface area (Å²) >= 11 is 3.41. The lowest BCUT2D eigenvalue weighted by Crippen LogP contribution is -2.04. The summed E-state index contributed by atoms with van der Waals surface area (Å²) in [7, 11) is 0. The molecule has 0 fully saturated rings. The molecule has 1 aromatic carbocycles. The van der Waals surface area contributed by atoms with E-state index < -0.39 is 0 Å². The van der Waals surface area contributed by atoms with E-state index >= 15 is 0 Å². The Hall–Kier alpha value is -1.76. The number of para-hydroxylation sites is 1. The molecule has 0 saturated carbocycles. The van der Waals surface area contributed by atoms with E-state index in [4.69, 9.17) is 0 Å². The van der Waals surface area contributed by atoms with Gasteiger partial charge in [-0.15, -0.1) is 10.2 Å². The predicted molar refractivity (Wildman–Crippen MR) is 70.0 cm³/mol. The molecule has 0 N–H and O–H groups in total. The van der Waals surface area contributed by atoms with Gasteiger partial charge in [-0.3, -0.25) is 0 Å². The van der Waals surface area contributed by atoms with Gasteiger partial charge >= 0.3 is 0 Å². The molecule has 0 spiro atoms. The van der Waals surface area contributed by atoms with Crippen molar-refractivity contribution in [3.05, 3.63) is 34.6 Å². The Morgan fingerprint density at radius 1 is 1.22 bits per heavy atom. The highest BCUT2D eigenvalue weighted by Crippen LogP contribution is 2.15. The minimum atomic E-state index is 0.557. The van der Waals surface area contributed by atoms with Gasteiger partial charge < -0.3 is 0 Å². The maximum absolute atomic E-state index is 4.38. The van der Waals surface area contributed by atoms with Gasteiger partial charge in [0.2, 0.25) is 0 Å². The number of nitrogens with zero attached hydrogens (tertiary/aromatic N) is 6. The molecule has 2 heterocycles. The molecule has 0 atom stereocenters. The fraction of sp³-hybridized carbons (Fsp3) is 0.273. The van der Waals surface area contributed by atoms with Gasteiger partial charge in [0, 0.05) is 0 Å². The van der Waals surface area contributed by atoms with Crippen LogP contribution < -0.4 is 0 Å². The summed E-state index contributed by atoms with van der Waals surface area (Å²) in [5.74, 6) is 0. The first-order chi connectivity index (χ1) is 8.78. The van der Waals surface area contributed by atoms with Crippen molar-refractivity contribution in [3.8, 4) is 0 Å². The number of rotatable bonds is 3. The molecule has 0 radical (unpaired) electrons.